The molecule has 1 unspecified atom stereocenters. The number of thiazole rings is 1. The molecule has 0 aliphatic rings. The summed E-state index contributed by atoms with van der Waals surface area (Å²) < 4.78 is 31.2. The van der Waals surface area contributed by atoms with E-state index in [2.05, 4.69) is 14.4 Å². The summed E-state index contributed by atoms with van der Waals surface area (Å²) in [6.07, 6.45) is 0. The van der Waals surface area contributed by atoms with Gasteiger partial charge in [-0.3, -0.25) is 0 Å². The maximum absolute atomic E-state index is 12.2. The van der Waals surface area contributed by atoms with Gasteiger partial charge in [0.1, 0.15) is 0 Å². The highest BCUT2D eigenvalue weighted by Gasteiger charge is 2.27. The molecule has 19 heavy (non-hydrogen) atoms. The van der Waals surface area contributed by atoms with Crippen molar-refractivity contribution in [2.45, 2.75) is 24.1 Å². The van der Waals surface area contributed by atoms with Crippen LogP contribution in [0.25, 0.3) is 0 Å². The van der Waals surface area contributed by atoms with Crippen LogP contribution in [-0.4, -0.2) is 44.0 Å². The maximum atomic E-state index is 12.2. The summed E-state index contributed by atoms with van der Waals surface area (Å²) in [5, 5.41) is 0. The van der Waals surface area contributed by atoms with Crippen LogP contribution in [0.1, 0.15) is 24.3 Å². The molecule has 0 fully saturated rings. The van der Waals surface area contributed by atoms with Gasteiger partial charge in [-0.25, -0.2) is 22.9 Å². The Bertz CT molecular complexity index is 527. The molecule has 0 spiro atoms. The van der Waals surface area contributed by atoms with Gasteiger partial charge in [0.2, 0.25) is 0 Å². The monoisotopic (exact) mass is 324 g/mol. The number of carbonyl (C=O) groups is 1. The lowest BCUT2D eigenvalue weighted by molar-refractivity contribution is 0.0590. The zero-order valence-electron chi connectivity index (χ0n) is 10.9. The van der Waals surface area contributed by atoms with Gasteiger partial charge < -0.3 is 4.74 Å². The van der Waals surface area contributed by atoms with E-state index in [1.807, 2.05) is 6.92 Å². The van der Waals surface area contributed by atoms with Crippen LogP contribution in [0.15, 0.2) is 9.72 Å². The van der Waals surface area contributed by atoms with E-state index in [0.717, 1.165) is 17.1 Å². The van der Waals surface area contributed by atoms with E-state index in [9.17, 15) is 13.2 Å². The molecule has 0 bridgehead atoms. The molecule has 0 saturated carbocycles. The predicted octanol–water partition coefficient (Wildman–Crippen LogP) is 1.35. The highest BCUT2D eigenvalue weighted by Crippen LogP contribution is 2.21. The molecule has 6 nitrogen and oxygen atoms in total. The van der Waals surface area contributed by atoms with E-state index in [0.29, 0.717) is 5.75 Å². The van der Waals surface area contributed by atoms with Crippen molar-refractivity contribution in [2.24, 2.45) is 0 Å². The Morgan fingerprint density at radius 1 is 1.63 bits per heavy atom. The fourth-order valence-electron chi connectivity index (χ4n) is 1.31. The molecular formula is C10H16N2O4S3. The van der Waals surface area contributed by atoms with E-state index in [-0.39, 0.29) is 15.9 Å². The molecule has 9 heteroatoms. The second-order valence-electron chi connectivity index (χ2n) is 3.66. The lowest BCUT2D eigenvalue weighted by Gasteiger charge is -2.12. The first-order valence-electron chi connectivity index (χ1n) is 5.54. The Balaban J connectivity index is 2.89. The second-order valence-corrected chi connectivity index (χ2v) is 7.74. The van der Waals surface area contributed by atoms with E-state index < -0.39 is 16.0 Å². The van der Waals surface area contributed by atoms with Crippen molar-refractivity contribution in [3.8, 4) is 0 Å². The first kappa shape index (κ1) is 16.4. The van der Waals surface area contributed by atoms with E-state index in [1.165, 1.54) is 12.6 Å². The third-order valence-corrected chi connectivity index (χ3v) is 6.19. The normalized spacial score (nSPS) is 13.2. The number of nitrogens with zero attached hydrogens (tertiary/aromatic N) is 1. The molecule has 108 valence electrons. The zero-order valence-corrected chi connectivity index (χ0v) is 13.3. The summed E-state index contributed by atoms with van der Waals surface area (Å²) in [6.45, 7) is 3.78. The number of rotatable bonds is 7. The smallest absolute Gasteiger partial charge is 0.358 e. The molecule has 1 aromatic heterocycles. The predicted molar refractivity (Wildman–Crippen MR) is 76.2 cm³/mol. The Morgan fingerprint density at radius 2 is 2.32 bits per heavy atom. The Hall–Kier alpha value is -0.640. The molecule has 0 aliphatic carbocycles. The molecule has 1 heterocycles. The zero-order chi connectivity index (χ0) is 14.5. The van der Waals surface area contributed by atoms with Crippen LogP contribution in [0, 0.1) is 0 Å². The molecule has 1 rings (SSSR count). The van der Waals surface area contributed by atoms with Crippen LogP contribution in [0.2, 0.25) is 0 Å². The molecule has 0 saturated heterocycles. The fraction of sp³-hybridized carbons (Fsp3) is 0.600. The van der Waals surface area contributed by atoms with Crippen molar-refractivity contribution in [3.05, 3.63) is 11.2 Å². The molecule has 0 aromatic carbocycles. The third-order valence-electron chi connectivity index (χ3n) is 2.09. The highest BCUT2D eigenvalue weighted by molar-refractivity contribution is 7.99. The van der Waals surface area contributed by atoms with Crippen molar-refractivity contribution in [1.82, 2.24) is 9.71 Å². The molecule has 0 radical (unpaired) electrons. The van der Waals surface area contributed by atoms with Gasteiger partial charge in [-0.1, -0.05) is 6.92 Å². The Labute approximate surface area is 121 Å². The van der Waals surface area contributed by atoms with Crippen LogP contribution >= 0.6 is 23.1 Å². The van der Waals surface area contributed by atoms with Gasteiger partial charge in [0.15, 0.2) is 9.90 Å². The van der Waals surface area contributed by atoms with Crippen LogP contribution in [0.5, 0.6) is 0 Å². The van der Waals surface area contributed by atoms with Gasteiger partial charge in [0, 0.05) is 11.8 Å². The number of hydrogen-bond acceptors (Lipinski definition) is 7. The maximum Gasteiger partial charge on any atom is 0.358 e. The summed E-state index contributed by atoms with van der Waals surface area (Å²) in [5.74, 6) is 0.833. The number of thioether (sulfide) groups is 1. The first-order valence-corrected chi connectivity index (χ1v) is 9.06. The van der Waals surface area contributed by atoms with Crippen LogP contribution in [-0.2, 0) is 14.8 Å². The van der Waals surface area contributed by atoms with Gasteiger partial charge in [0.25, 0.3) is 10.0 Å². The largest absolute Gasteiger partial charge is 0.464 e. The summed E-state index contributed by atoms with van der Waals surface area (Å²) in [7, 11) is -2.55. The number of methoxy groups -OCH3 is 1. The highest BCUT2D eigenvalue weighted by atomic mass is 32.2. The standard InChI is InChI=1S/C10H16N2O4S3/c1-4-17-5-7(2)12-19(14,15)10-8(9(13)16-3)11-6-18-10/h6-7,12H,4-5H2,1-3H3. The third kappa shape index (κ3) is 4.44. The van der Waals surface area contributed by atoms with Crippen LogP contribution in [0.4, 0.5) is 0 Å². The SMILES string of the molecule is CCSCC(C)NS(=O)(=O)c1scnc1C(=O)OC. The Kier molecular flexibility index (Phi) is 6.24. The van der Waals surface area contributed by atoms with Crippen molar-refractivity contribution >= 4 is 39.1 Å². The Morgan fingerprint density at radius 3 is 2.89 bits per heavy atom. The fourth-order valence-corrected chi connectivity index (χ4v) is 4.48. The number of aromatic nitrogens is 1. The molecule has 1 N–H and O–H groups in total. The molecule has 1 atom stereocenters. The molecule has 0 amide bonds. The van der Waals surface area contributed by atoms with E-state index >= 15 is 0 Å². The number of sulfonamides is 1. The lowest BCUT2D eigenvalue weighted by atomic mass is 10.4. The van der Waals surface area contributed by atoms with Gasteiger partial charge >= 0.3 is 5.97 Å². The second kappa shape index (κ2) is 7.22. The molecule has 1 aromatic rings. The van der Waals surface area contributed by atoms with E-state index in [4.69, 9.17) is 0 Å². The quantitative estimate of drug-likeness (QED) is 0.762. The van der Waals surface area contributed by atoms with Crippen molar-refractivity contribution < 1.29 is 17.9 Å². The van der Waals surface area contributed by atoms with Crippen molar-refractivity contribution in [2.75, 3.05) is 18.6 Å². The van der Waals surface area contributed by atoms with E-state index in [1.54, 1.807) is 18.7 Å². The van der Waals surface area contributed by atoms with Gasteiger partial charge in [-0.2, -0.15) is 11.8 Å². The number of hydrogen-bond donors (Lipinski definition) is 1. The minimum Gasteiger partial charge on any atom is -0.464 e. The molecular weight excluding hydrogens is 308 g/mol. The minimum atomic E-state index is -3.74. The first-order chi connectivity index (χ1) is 8.92. The van der Waals surface area contributed by atoms with Gasteiger partial charge in [-0.15, -0.1) is 11.3 Å². The molecule has 0 aliphatic heterocycles. The average Bonchev–Trinajstić information content (AvgIpc) is 2.84. The summed E-state index contributed by atoms with van der Waals surface area (Å²) in [5.41, 5.74) is 1.14. The van der Waals surface area contributed by atoms with Crippen molar-refractivity contribution in [1.29, 1.82) is 0 Å². The number of carbonyl (C=O) groups excluding carboxylic acids is 1. The number of esters is 1. The van der Waals surface area contributed by atoms with Gasteiger partial charge in [0.05, 0.1) is 12.6 Å². The summed E-state index contributed by atoms with van der Waals surface area (Å²) in [6, 6.07) is -0.220. The van der Waals surface area contributed by atoms with Crippen LogP contribution in [0.3, 0.4) is 0 Å². The number of ether oxygens (including phenoxy) is 1. The number of nitrogens with one attached hydrogen (secondary N) is 1. The lowest BCUT2D eigenvalue weighted by Crippen LogP contribution is -2.34. The topological polar surface area (TPSA) is 85.4 Å². The summed E-state index contributed by atoms with van der Waals surface area (Å²) >= 11 is 2.54. The summed E-state index contributed by atoms with van der Waals surface area (Å²) in [4.78, 5) is 15.2. The average molecular weight is 324 g/mol. The van der Waals surface area contributed by atoms with Gasteiger partial charge in [-0.05, 0) is 12.7 Å². The van der Waals surface area contributed by atoms with Crippen molar-refractivity contribution in [3.63, 3.8) is 0 Å². The minimum absolute atomic E-state index is 0.104. The van der Waals surface area contributed by atoms with Crippen LogP contribution < -0.4 is 4.72 Å².